The number of hydrogen-bond acceptors (Lipinski definition) is 5. The van der Waals surface area contributed by atoms with Crippen LogP contribution in [0.4, 0.5) is 5.13 Å². The first-order valence-electron chi connectivity index (χ1n) is 8.40. The highest BCUT2D eigenvalue weighted by Gasteiger charge is 2.23. The molecule has 4 nitrogen and oxygen atoms in total. The summed E-state index contributed by atoms with van der Waals surface area (Å²) < 4.78 is 0. The molecule has 6 heteroatoms. The summed E-state index contributed by atoms with van der Waals surface area (Å²) in [5, 5.41) is 8.28. The van der Waals surface area contributed by atoms with Crippen LogP contribution in [0, 0.1) is 0 Å². The number of benzene rings is 1. The van der Waals surface area contributed by atoms with Crippen LogP contribution in [0.3, 0.4) is 0 Å². The molecule has 3 aromatic rings. The van der Waals surface area contributed by atoms with E-state index in [1.54, 1.807) is 11.3 Å². The smallest absolute Gasteiger partial charge is 0.261 e. The minimum atomic E-state index is 0.0501. The molecular formula is C19H19N3OS2. The van der Waals surface area contributed by atoms with Crippen LogP contribution in [0.1, 0.15) is 22.5 Å². The Morgan fingerprint density at radius 3 is 2.60 bits per heavy atom. The molecule has 0 spiro atoms. The molecule has 1 aromatic carbocycles. The van der Waals surface area contributed by atoms with Crippen molar-refractivity contribution in [2.75, 3.05) is 18.0 Å². The van der Waals surface area contributed by atoms with E-state index in [0.29, 0.717) is 0 Å². The topological polar surface area (TPSA) is 45.2 Å². The van der Waals surface area contributed by atoms with Crippen LogP contribution >= 0.6 is 22.7 Å². The number of amides is 1. The summed E-state index contributed by atoms with van der Waals surface area (Å²) in [5.41, 5.74) is 2.19. The molecule has 1 fully saturated rings. The van der Waals surface area contributed by atoms with E-state index in [1.165, 1.54) is 11.3 Å². The summed E-state index contributed by atoms with van der Waals surface area (Å²) in [6, 6.07) is 14.3. The van der Waals surface area contributed by atoms with Crippen molar-refractivity contribution < 1.29 is 4.79 Å². The number of hydrogen-bond donors (Lipinski definition) is 1. The van der Waals surface area contributed by atoms with Gasteiger partial charge < -0.3 is 10.2 Å². The van der Waals surface area contributed by atoms with Crippen molar-refractivity contribution in [3.05, 3.63) is 58.1 Å². The van der Waals surface area contributed by atoms with Crippen LogP contribution < -0.4 is 10.2 Å². The molecule has 3 heterocycles. The van der Waals surface area contributed by atoms with Crippen LogP contribution in [0.25, 0.3) is 11.3 Å². The third-order valence-corrected chi connectivity index (χ3v) is 6.18. The third-order valence-electron chi connectivity index (χ3n) is 4.41. The molecule has 0 aliphatic carbocycles. The standard InChI is InChI=1S/C19H19N3OS2/c23-18(17-7-4-12-24-17)20-15-8-10-22(11-9-15)19-21-16(13-25-19)14-5-2-1-3-6-14/h1-7,12-13,15H,8-11H2,(H,20,23). The van der Waals surface area contributed by atoms with Gasteiger partial charge in [0, 0.05) is 30.1 Å². The molecule has 1 amide bonds. The maximum atomic E-state index is 12.2. The monoisotopic (exact) mass is 369 g/mol. The highest BCUT2D eigenvalue weighted by atomic mass is 32.1. The Morgan fingerprint density at radius 1 is 1.08 bits per heavy atom. The van der Waals surface area contributed by atoms with E-state index in [2.05, 4.69) is 27.7 Å². The summed E-state index contributed by atoms with van der Waals surface area (Å²) in [4.78, 5) is 20.1. The Kier molecular flexibility index (Phi) is 4.81. The van der Waals surface area contributed by atoms with Gasteiger partial charge in [0.05, 0.1) is 10.6 Å². The van der Waals surface area contributed by atoms with Crippen molar-refractivity contribution in [2.45, 2.75) is 18.9 Å². The van der Waals surface area contributed by atoms with Gasteiger partial charge in [0.25, 0.3) is 5.91 Å². The zero-order valence-corrected chi connectivity index (χ0v) is 15.4. The van der Waals surface area contributed by atoms with Crippen molar-refractivity contribution >= 4 is 33.7 Å². The Bertz CT molecular complexity index is 821. The van der Waals surface area contributed by atoms with Gasteiger partial charge in [-0.05, 0) is 24.3 Å². The first kappa shape index (κ1) is 16.3. The van der Waals surface area contributed by atoms with Gasteiger partial charge in [0.15, 0.2) is 5.13 Å². The largest absolute Gasteiger partial charge is 0.348 e. The van der Waals surface area contributed by atoms with Gasteiger partial charge in [-0.1, -0.05) is 36.4 Å². The molecule has 1 aliphatic rings. The summed E-state index contributed by atoms with van der Waals surface area (Å²) in [6.07, 6.45) is 1.91. The maximum absolute atomic E-state index is 12.2. The van der Waals surface area contributed by atoms with Gasteiger partial charge in [-0.15, -0.1) is 22.7 Å². The lowest BCUT2D eigenvalue weighted by molar-refractivity contribution is 0.0935. The third kappa shape index (κ3) is 3.75. The number of thiazole rings is 1. The number of piperidine rings is 1. The average Bonchev–Trinajstić information content (AvgIpc) is 3.35. The zero-order chi connectivity index (χ0) is 17.1. The van der Waals surface area contributed by atoms with E-state index in [-0.39, 0.29) is 11.9 Å². The Balaban J connectivity index is 1.34. The lowest BCUT2D eigenvalue weighted by Gasteiger charge is -2.32. The second-order valence-electron chi connectivity index (χ2n) is 6.09. The van der Waals surface area contributed by atoms with E-state index in [0.717, 1.165) is 47.2 Å². The first-order valence-corrected chi connectivity index (χ1v) is 10.2. The summed E-state index contributed by atoms with van der Waals surface area (Å²) in [7, 11) is 0. The molecule has 0 bridgehead atoms. The number of nitrogens with zero attached hydrogens (tertiary/aromatic N) is 2. The Morgan fingerprint density at radius 2 is 1.88 bits per heavy atom. The lowest BCUT2D eigenvalue weighted by Crippen LogP contribution is -2.44. The first-order chi connectivity index (χ1) is 12.3. The number of anilines is 1. The van der Waals surface area contributed by atoms with Crippen LogP contribution in [-0.4, -0.2) is 30.0 Å². The van der Waals surface area contributed by atoms with E-state index >= 15 is 0 Å². The number of rotatable bonds is 4. The Labute approximate surface area is 155 Å². The SMILES string of the molecule is O=C(NC1CCN(c2nc(-c3ccccc3)cs2)CC1)c1cccs1. The van der Waals surface area contributed by atoms with Gasteiger partial charge in [-0.2, -0.15) is 0 Å². The van der Waals surface area contributed by atoms with Crippen molar-refractivity contribution in [2.24, 2.45) is 0 Å². The minimum Gasteiger partial charge on any atom is -0.348 e. The molecule has 1 saturated heterocycles. The predicted octanol–water partition coefficient (Wildman–Crippen LogP) is 4.27. The van der Waals surface area contributed by atoms with E-state index < -0.39 is 0 Å². The zero-order valence-electron chi connectivity index (χ0n) is 13.7. The molecule has 0 saturated carbocycles. The molecule has 0 atom stereocenters. The molecular weight excluding hydrogens is 350 g/mol. The molecule has 2 aromatic heterocycles. The van der Waals surface area contributed by atoms with Crippen molar-refractivity contribution in [3.63, 3.8) is 0 Å². The van der Waals surface area contributed by atoms with Gasteiger partial charge in [-0.25, -0.2) is 4.98 Å². The van der Waals surface area contributed by atoms with Crippen molar-refractivity contribution in [3.8, 4) is 11.3 Å². The minimum absolute atomic E-state index is 0.0501. The molecule has 128 valence electrons. The number of aromatic nitrogens is 1. The van der Waals surface area contributed by atoms with E-state index in [9.17, 15) is 4.79 Å². The van der Waals surface area contributed by atoms with Gasteiger partial charge in [-0.3, -0.25) is 4.79 Å². The van der Waals surface area contributed by atoms with Gasteiger partial charge in [0.1, 0.15) is 0 Å². The summed E-state index contributed by atoms with van der Waals surface area (Å²) in [5.74, 6) is 0.0501. The highest BCUT2D eigenvalue weighted by Crippen LogP contribution is 2.29. The fourth-order valence-electron chi connectivity index (χ4n) is 3.03. The van der Waals surface area contributed by atoms with E-state index in [4.69, 9.17) is 4.98 Å². The van der Waals surface area contributed by atoms with Gasteiger partial charge >= 0.3 is 0 Å². The fourth-order valence-corrected chi connectivity index (χ4v) is 4.55. The molecule has 1 N–H and O–H groups in total. The number of carbonyl (C=O) groups is 1. The quantitative estimate of drug-likeness (QED) is 0.747. The summed E-state index contributed by atoms with van der Waals surface area (Å²) in [6.45, 7) is 1.86. The molecule has 0 radical (unpaired) electrons. The van der Waals surface area contributed by atoms with Crippen molar-refractivity contribution in [1.82, 2.24) is 10.3 Å². The molecule has 25 heavy (non-hydrogen) atoms. The molecule has 0 unspecified atom stereocenters. The van der Waals surface area contributed by atoms with Crippen molar-refractivity contribution in [1.29, 1.82) is 0 Å². The summed E-state index contributed by atoms with van der Waals surface area (Å²) >= 11 is 3.18. The number of nitrogens with one attached hydrogen (secondary N) is 1. The normalized spacial score (nSPS) is 15.3. The number of thiophene rings is 1. The van der Waals surface area contributed by atoms with E-state index in [1.807, 2.05) is 35.7 Å². The highest BCUT2D eigenvalue weighted by molar-refractivity contribution is 7.14. The lowest BCUT2D eigenvalue weighted by atomic mass is 10.1. The van der Waals surface area contributed by atoms with Gasteiger partial charge in [0.2, 0.25) is 0 Å². The number of carbonyl (C=O) groups excluding carboxylic acids is 1. The maximum Gasteiger partial charge on any atom is 0.261 e. The predicted molar refractivity (Wildman–Crippen MR) is 105 cm³/mol. The average molecular weight is 370 g/mol. The van der Waals surface area contributed by atoms with Crippen LogP contribution in [0.2, 0.25) is 0 Å². The second kappa shape index (κ2) is 7.37. The second-order valence-corrected chi connectivity index (χ2v) is 7.88. The van der Waals surface area contributed by atoms with Crippen LogP contribution in [-0.2, 0) is 0 Å². The van der Waals surface area contributed by atoms with Crippen LogP contribution in [0.15, 0.2) is 53.2 Å². The molecule has 4 rings (SSSR count). The fraction of sp³-hybridized carbons (Fsp3) is 0.263. The van der Waals surface area contributed by atoms with Crippen LogP contribution in [0.5, 0.6) is 0 Å². The molecule has 1 aliphatic heterocycles. The Hall–Kier alpha value is -2.18.